The number of allylic oxidation sites excluding steroid dienone is 2. The first-order valence-corrected chi connectivity index (χ1v) is 3.63. The van der Waals surface area contributed by atoms with Crippen LogP contribution in [0.5, 0.6) is 0 Å². The van der Waals surface area contributed by atoms with Gasteiger partial charge in [-0.3, -0.25) is 0 Å². The van der Waals surface area contributed by atoms with Crippen LogP contribution in [0.25, 0.3) is 0 Å². The average molecular weight is 124 g/mol. The molecule has 0 aromatic carbocycles. The van der Waals surface area contributed by atoms with E-state index in [0.717, 1.165) is 0 Å². The summed E-state index contributed by atoms with van der Waals surface area (Å²) in [7, 11) is 0. The van der Waals surface area contributed by atoms with Crippen molar-refractivity contribution in [3.05, 3.63) is 12.2 Å². The fourth-order valence-electron chi connectivity index (χ4n) is 1.03. The third-order valence-corrected chi connectivity index (χ3v) is 2.74. The van der Waals surface area contributed by atoms with E-state index in [1.54, 1.807) is 0 Å². The Morgan fingerprint density at radius 3 is 1.78 bits per heavy atom. The van der Waals surface area contributed by atoms with E-state index >= 15 is 0 Å². The van der Waals surface area contributed by atoms with Gasteiger partial charge in [-0.05, 0) is 17.3 Å². The average Bonchev–Trinajstić information content (AvgIpc) is 1.57. The summed E-state index contributed by atoms with van der Waals surface area (Å²) >= 11 is 0. The molecule has 0 fully saturated rings. The summed E-state index contributed by atoms with van der Waals surface area (Å²) in [5.41, 5.74) is 0.925. The lowest BCUT2D eigenvalue weighted by atomic mass is 9.61. The Hall–Kier alpha value is -0.260. The molecule has 0 bridgehead atoms. The van der Waals surface area contributed by atoms with Crippen molar-refractivity contribution < 1.29 is 0 Å². The van der Waals surface area contributed by atoms with Crippen LogP contribution in [0, 0.1) is 10.8 Å². The van der Waals surface area contributed by atoms with Gasteiger partial charge in [0.2, 0.25) is 0 Å². The van der Waals surface area contributed by atoms with Gasteiger partial charge in [-0.2, -0.15) is 0 Å². The van der Waals surface area contributed by atoms with E-state index in [4.69, 9.17) is 0 Å². The molecule has 0 spiro atoms. The summed E-state index contributed by atoms with van der Waals surface area (Å²) < 4.78 is 0. The van der Waals surface area contributed by atoms with Crippen LogP contribution in [0.1, 0.15) is 34.1 Å². The fourth-order valence-corrected chi connectivity index (χ4v) is 1.03. The highest BCUT2D eigenvalue weighted by molar-refractivity contribution is 5.15. The first kappa shape index (κ1) is 6.85. The zero-order chi connectivity index (χ0) is 7.12. The predicted molar refractivity (Wildman–Crippen MR) is 41.3 cm³/mol. The minimum absolute atomic E-state index is 0.446. The van der Waals surface area contributed by atoms with Crippen LogP contribution in [-0.4, -0.2) is 0 Å². The second-order valence-electron chi connectivity index (χ2n) is 4.27. The molecule has 52 valence electrons. The summed E-state index contributed by atoms with van der Waals surface area (Å²) in [6.45, 7) is 9.23. The highest BCUT2D eigenvalue weighted by Crippen LogP contribution is 2.47. The Labute approximate surface area is 58.0 Å². The van der Waals surface area contributed by atoms with Crippen LogP contribution in [0.4, 0.5) is 0 Å². The summed E-state index contributed by atoms with van der Waals surface area (Å²) in [6.07, 6.45) is 5.84. The maximum absolute atomic E-state index is 2.33. The highest BCUT2D eigenvalue weighted by Gasteiger charge is 2.37. The van der Waals surface area contributed by atoms with Crippen LogP contribution >= 0.6 is 0 Å². The van der Waals surface area contributed by atoms with E-state index in [-0.39, 0.29) is 0 Å². The zero-order valence-corrected chi connectivity index (χ0v) is 6.86. The molecule has 0 amide bonds. The molecular formula is C9H16. The Balaban J connectivity index is 2.73. The first-order chi connectivity index (χ1) is 3.96. The van der Waals surface area contributed by atoms with E-state index in [1.165, 1.54) is 6.42 Å². The molecule has 0 heteroatoms. The summed E-state index contributed by atoms with van der Waals surface area (Å²) in [4.78, 5) is 0. The molecule has 1 atom stereocenters. The topological polar surface area (TPSA) is 0 Å². The molecular weight excluding hydrogens is 108 g/mol. The molecule has 0 N–H and O–H groups in total. The largest absolute Gasteiger partial charge is 0.0871 e. The molecule has 1 aliphatic rings. The van der Waals surface area contributed by atoms with Crippen LogP contribution in [0.3, 0.4) is 0 Å². The number of hydrogen-bond donors (Lipinski definition) is 0. The maximum Gasteiger partial charge on any atom is -0.00636 e. The Bertz CT molecular complexity index is 137. The minimum Gasteiger partial charge on any atom is -0.0871 e. The molecule has 0 saturated heterocycles. The van der Waals surface area contributed by atoms with E-state index in [9.17, 15) is 0 Å². The highest BCUT2D eigenvalue weighted by atomic mass is 14.4. The molecule has 0 radical (unpaired) electrons. The normalized spacial score (nSPS) is 34.2. The number of hydrogen-bond acceptors (Lipinski definition) is 0. The van der Waals surface area contributed by atoms with Gasteiger partial charge in [-0.25, -0.2) is 0 Å². The predicted octanol–water partition coefficient (Wildman–Crippen LogP) is 3.00. The third kappa shape index (κ3) is 0.910. The van der Waals surface area contributed by atoms with Crippen molar-refractivity contribution in [1.29, 1.82) is 0 Å². The van der Waals surface area contributed by atoms with Crippen molar-refractivity contribution in [2.24, 2.45) is 10.8 Å². The molecule has 0 aromatic heterocycles. The monoisotopic (exact) mass is 124 g/mol. The molecule has 0 unspecified atom stereocenters. The van der Waals surface area contributed by atoms with Gasteiger partial charge >= 0.3 is 0 Å². The van der Waals surface area contributed by atoms with Gasteiger partial charge in [-0.1, -0.05) is 39.8 Å². The standard InChI is InChI=1S/C9H16/c1-8(2,3)9(4)6-5-7-9/h5-6H,7H2,1-4H3/t9-/m1/s1. The molecule has 1 rings (SSSR count). The molecule has 0 heterocycles. The maximum atomic E-state index is 2.33. The van der Waals surface area contributed by atoms with Crippen molar-refractivity contribution in [2.75, 3.05) is 0 Å². The minimum atomic E-state index is 0.446. The van der Waals surface area contributed by atoms with Crippen molar-refractivity contribution >= 4 is 0 Å². The van der Waals surface area contributed by atoms with Gasteiger partial charge < -0.3 is 0 Å². The smallest absolute Gasteiger partial charge is 0.00636 e. The third-order valence-electron chi connectivity index (χ3n) is 2.74. The molecule has 1 aliphatic carbocycles. The summed E-state index contributed by atoms with van der Waals surface area (Å²) in [6, 6.07) is 0. The fraction of sp³-hybridized carbons (Fsp3) is 0.778. The van der Waals surface area contributed by atoms with Crippen LogP contribution in [-0.2, 0) is 0 Å². The summed E-state index contributed by atoms with van der Waals surface area (Å²) in [5.74, 6) is 0. The van der Waals surface area contributed by atoms with Gasteiger partial charge in [0.25, 0.3) is 0 Å². The molecule has 9 heavy (non-hydrogen) atoms. The van der Waals surface area contributed by atoms with E-state index in [2.05, 4.69) is 39.8 Å². The lowest BCUT2D eigenvalue weighted by Gasteiger charge is -2.43. The molecule has 0 saturated carbocycles. The lowest BCUT2D eigenvalue weighted by molar-refractivity contribution is 0.151. The van der Waals surface area contributed by atoms with Crippen molar-refractivity contribution in [1.82, 2.24) is 0 Å². The van der Waals surface area contributed by atoms with Crippen molar-refractivity contribution in [3.8, 4) is 0 Å². The Kier molecular flexibility index (Phi) is 1.23. The van der Waals surface area contributed by atoms with E-state index in [1.807, 2.05) is 0 Å². The van der Waals surface area contributed by atoms with Crippen LogP contribution in [0.15, 0.2) is 12.2 Å². The Morgan fingerprint density at radius 1 is 1.33 bits per heavy atom. The molecule has 0 aromatic rings. The molecule has 0 aliphatic heterocycles. The van der Waals surface area contributed by atoms with Crippen molar-refractivity contribution in [2.45, 2.75) is 34.1 Å². The molecule has 0 nitrogen and oxygen atoms in total. The van der Waals surface area contributed by atoms with Gasteiger partial charge in [-0.15, -0.1) is 0 Å². The van der Waals surface area contributed by atoms with Gasteiger partial charge in [0, 0.05) is 0 Å². The quantitative estimate of drug-likeness (QED) is 0.435. The van der Waals surface area contributed by atoms with Gasteiger partial charge in [0.05, 0.1) is 0 Å². The van der Waals surface area contributed by atoms with E-state index in [0.29, 0.717) is 10.8 Å². The first-order valence-electron chi connectivity index (χ1n) is 3.63. The van der Waals surface area contributed by atoms with Crippen LogP contribution in [0.2, 0.25) is 0 Å². The van der Waals surface area contributed by atoms with E-state index < -0.39 is 0 Å². The zero-order valence-electron chi connectivity index (χ0n) is 6.86. The SMILES string of the molecule is CC(C)(C)[C@]1(C)C=CC1. The van der Waals surface area contributed by atoms with Gasteiger partial charge in [0.15, 0.2) is 0 Å². The number of rotatable bonds is 0. The van der Waals surface area contributed by atoms with Gasteiger partial charge in [0.1, 0.15) is 0 Å². The van der Waals surface area contributed by atoms with Crippen LogP contribution < -0.4 is 0 Å². The second-order valence-corrected chi connectivity index (χ2v) is 4.27. The lowest BCUT2D eigenvalue weighted by Crippen LogP contribution is -2.34. The summed E-state index contributed by atoms with van der Waals surface area (Å²) in [5, 5.41) is 0. The van der Waals surface area contributed by atoms with Crippen molar-refractivity contribution in [3.63, 3.8) is 0 Å². The second kappa shape index (κ2) is 1.62. The Morgan fingerprint density at radius 2 is 1.78 bits per heavy atom.